The van der Waals surface area contributed by atoms with Gasteiger partial charge in [0, 0.05) is 11.3 Å². The van der Waals surface area contributed by atoms with Crippen LogP contribution in [0, 0.1) is 11.3 Å². The van der Waals surface area contributed by atoms with Crippen molar-refractivity contribution in [2.45, 2.75) is 39.5 Å². The molecule has 1 heterocycles. The molecule has 1 atom stereocenters. The van der Waals surface area contributed by atoms with Crippen LogP contribution in [-0.4, -0.2) is 12.4 Å². The maximum atomic E-state index is 12.1. The van der Waals surface area contributed by atoms with Gasteiger partial charge in [0.25, 0.3) is 0 Å². The molecule has 1 N–H and O–H groups in total. The van der Waals surface area contributed by atoms with E-state index < -0.39 is 5.92 Å². The van der Waals surface area contributed by atoms with Crippen molar-refractivity contribution in [1.29, 1.82) is 5.26 Å². The fourth-order valence-corrected chi connectivity index (χ4v) is 3.17. The van der Waals surface area contributed by atoms with E-state index in [0.717, 1.165) is 29.9 Å². The Morgan fingerprint density at radius 2 is 2.04 bits per heavy atom. The average molecular weight is 342 g/mol. The monoisotopic (exact) mass is 342 g/mol. The predicted molar refractivity (Wildman–Crippen MR) is 97.7 cm³/mol. The van der Waals surface area contributed by atoms with Gasteiger partial charge in [0.15, 0.2) is 5.78 Å². The molecular formula is C19H22N2O2S. The van der Waals surface area contributed by atoms with Gasteiger partial charge < -0.3 is 10.1 Å². The van der Waals surface area contributed by atoms with E-state index in [1.165, 1.54) is 6.92 Å². The van der Waals surface area contributed by atoms with Crippen molar-refractivity contribution in [3.8, 4) is 11.8 Å². The number of rotatable bonds is 6. The van der Waals surface area contributed by atoms with E-state index in [-0.39, 0.29) is 5.78 Å². The normalized spacial score (nSPS) is 17.4. The summed E-state index contributed by atoms with van der Waals surface area (Å²) in [5, 5.41) is 13.0. The second kappa shape index (κ2) is 8.07. The van der Waals surface area contributed by atoms with Crippen LogP contribution in [-0.2, 0) is 4.79 Å². The van der Waals surface area contributed by atoms with Crippen LogP contribution >= 0.6 is 12.6 Å². The lowest BCUT2D eigenvalue weighted by Crippen LogP contribution is -2.26. The highest BCUT2D eigenvalue weighted by Gasteiger charge is 2.31. The number of Topliss-reactive ketones (excluding diaryl/α,β-unsaturated/α-hetero) is 1. The average Bonchev–Trinajstić information content (AvgIpc) is 2.54. The fourth-order valence-electron chi connectivity index (χ4n) is 2.82. The number of nitrogens with one attached hydrogen (secondary N) is 1. The van der Waals surface area contributed by atoms with Crippen molar-refractivity contribution in [2.75, 3.05) is 6.61 Å². The first kappa shape index (κ1) is 18.2. The Morgan fingerprint density at radius 3 is 2.58 bits per heavy atom. The number of dihydropyridines is 1. The Bertz CT molecular complexity index is 727. The summed E-state index contributed by atoms with van der Waals surface area (Å²) in [5.41, 5.74) is 2.67. The molecule has 1 aliphatic rings. The Hall–Kier alpha value is -2.19. The fraction of sp³-hybridized carbons (Fsp3) is 0.368. The van der Waals surface area contributed by atoms with Crippen LogP contribution in [0.5, 0.6) is 5.75 Å². The first-order chi connectivity index (χ1) is 11.5. The molecule has 4 nitrogen and oxygen atoms in total. The SMILES string of the molecule is CCCCOc1ccc(C2C(C#N)=C(S)NC(C)=C2C(C)=O)cc1. The standard InChI is InChI=1S/C19H22N2O2S/c1-4-5-10-23-15-8-6-14(7-9-15)18-16(11-20)19(24)21-12(2)17(18)13(3)22/h6-9,18,21,24H,4-5,10H2,1-3H3. The van der Waals surface area contributed by atoms with E-state index in [1.54, 1.807) is 0 Å². The summed E-state index contributed by atoms with van der Waals surface area (Å²) < 4.78 is 5.68. The Kier molecular flexibility index (Phi) is 6.10. The van der Waals surface area contributed by atoms with Crippen LogP contribution < -0.4 is 10.1 Å². The number of ether oxygens (including phenoxy) is 1. The van der Waals surface area contributed by atoms with Crippen LogP contribution in [0.2, 0.25) is 0 Å². The minimum Gasteiger partial charge on any atom is -0.494 e. The van der Waals surface area contributed by atoms with Gasteiger partial charge >= 0.3 is 0 Å². The van der Waals surface area contributed by atoms with Crippen LogP contribution in [0.3, 0.4) is 0 Å². The molecule has 0 saturated heterocycles. The van der Waals surface area contributed by atoms with Crippen molar-refractivity contribution in [1.82, 2.24) is 5.32 Å². The summed E-state index contributed by atoms with van der Waals surface area (Å²) >= 11 is 4.37. The van der Waals surface area contributed by atoms with Crippen molar-refractivity contribution in [3.05, 3.63) is 51.7 Å². The molecule has 0 saturated carbocycles. The van der Waals surface area contributed by atoms with Gasteiger partial charge in [-0.1, -0.05) is 25.5 Å². The Labute approximate surface area is 148 Å². The van der Waals surface area contributed by atoms with E-state index in [1.807, 2.05) is 31.2 Å². The maximum absolute atomic E-state index is 12.1. The number of benzene rings is 1. The first-order valence-corrected chi connectivity index (χ1v) is 8.49. The van der Waals surface area contributed by atoms with Crippen molar-refractivity contribution < 1.29 is 9.53 Å². The molecular weight excluding hydrogens is 320 g/mol. The minimum atomic E-state index is -0.397. The van der Waals surface area contributed by atoms with E-state index in [2.05, 4.69) is 30.9 Å². The van der Waals surface area contributed by atoms with Crippen molar-refractivity contribution >= 4 is 18.4 Å². The zero-order chi connectivity index (χ0) is 17.7. The van der Waals surface area contributed by atoms with Gasteiger partial charge in [-0.15, -0.1) is 12.6 Å². The third-order valence-electron chi connectivity index (χ3n) is 4.02. The summed E-state index contributed by atoms with van der Waals surface area (Å²) in [6.45, 7) is 6.15. The summed E-state index contributed by atoms with van der Waals surface area (Å²) in [6.07, 6.45) is 2.09. The van der Waals surface area contributed by atoms with Crippen LogP contribution in [0.25, 0.3) is 0 Å². The van der Waals surface area contributed by atoms with E-state index in [0.29, 0.717) is 22.8 Å². The molecule has 0 aliphatic carbocycles. The number of unbranched alkanes of at least 4 members (excludes halogenated alkanes) is 1. The zero-order valence-electron chi connectivity index (χ0n) is 14.2. The van der Waals surface area contributed by atoms with E-state index >= 15 is 0 Å². The number of nitriles is 1. The number of hydrogen-bond donors (Lipinski definition) is 2. The predicted octanol–water partition coefficient (Wildman–Crippen LogP) is 4.08. The van der Waals surface area contributed by atoms with Gasteiger partial charge in [-0.05, 0) is 38.0 Å². The van der Waals surface area contributed by atoms with Gasteiger partial charge in [0.1, 0.15) is 5.75 Å². The molecule has 126 valence electrons. The number of ketones is 1. The lowest BCUT2D eigenvalue weighted by Gasteiger charge is -2.28. The summed E-state index contributed by atoms with van der Waals surface area (Å²) in [7, 11) is 0. The summed E-state index contributed by atoms with van der Waals surface area (Å²) in [4.78, 5) is 12.1. The molecule has 2 rings (SSSR count). The van der Waals surface area contributed by atoms with Crippen LogP contribution in [0.15, 0.2) is 46.1 Å². The van der Waals surface area contributed by atoms with Gasteiger partial charge in [-0.25, -0.2) is 0 Å². The molecule has 1 aromatic carbocycles. The third-order valence-corrected chi connectivity index (χ3v) is 4.37. The quantitative estimate of drug-likeness (QED) is 0.604. The topological polar surface area (TPSA) is 62.1 Å². The Morgan fingerprint density at radius 1 is 1.38 bits per heavy atom. The zero-order valence-corrected chi connectivity index (χ0v) is 15.1. The highest BCUT2D eigenvalue weighted by atomic mass is 32.1. The van der Waals surface area contributed by atoms with Crippen molar-refractivity contribution in [2.24, 2.45) is 0 Å². The van der Waals surface area contributed by atoms with E-state index in [4.69, 9.17) is 4.74 Å². The minimum absolute atomic E-state index is 0.0538. The molecule has 1 aliphatic heterocycles. The smallest absolute Gasteiger partial charge is 0.158 e. The first-order valence-electron chi connectivity index (χ1n) is 8.04. The van der Waals surface area contributed by atoms with Gasteiger partial charge in [-0.2, -0.15) is 5.26 Å². The largest absolute Gasteiger partial charge is 0.494 e. The molecule has 1 unspecified atom stereocenters. The molecule has 0 fully saturated rings. The maximum Gasteiger partial charge on any atom is 0.158 e. The molecule has 5 heteroatoms. The number of thiol groups is 1. The number of carbonyl (C=O) groups is 1. The molecule has 0 radical (unpaired) electrons. The number of hydrogen-bond acceptors (Lipinski definition) is 5. The number of carbonyl (C=O) groups excluding carboxylic acids is 1. The second-order valence-corrected chi connectivity index (χ2v) is 6.25. The lowest BCUT2D eigenvalue weighted by atomic mass is 9.81. The highest BCUT2D eigenvalue weighted by molar-refractivity contribution is 7.84. The lowest BCUT2D eigenvalue weighted by molar-refractivity contribution is -0.113. The number of nitrogens with zero attached hydrogens (tertiary/aromatic N) is 1. The van der Waals surface area contributed by atoms with Crippen LogP contribution in [0.1, 0.15) is 45.1 Å². The molecule has 24 heavy (non-hydrogen) atoms. The molecule has 1 aromatic rings. The van der Waals surface area contributed by atoms with Gasteiger partial charge in [0.05, 0.1) is 29.2 Å². The molecule has 0 amide bonds. The summed E-state index contributed by atoms with van der Waals surface area (Å²) in [5.74, 6) is 0.340. The third kappa shape index (κ3) is 3.82. The Balaban J connectivity index is 2.37. The molecule has 0 bridgehead atoms. The van der Waals surface area contributed by atoms with Crippen molar-refractivity contribution in [3.63, 3.8) is 0 Å². The molecule has 0 aromatic heterocycles. The number of allylic oxidation sites excluding steroid dienone is 3. The second-order valence-electron chi connectivity index (χ2n) is 5.80. The highest BCUT2D eigenvalue weighted by Crippen LogP contribution is 2.39. The van der Waals surface area contributed by atoms with E-state index in [9.17, 15) is 10.1 Å². The summed E-state index contributed by atoms with van der Waals surface area (Å²) in [6, 6.07) is 9.77. The molecule has 0 spiro atoms. The van der Waals surface area contributed by atoms with Crippen LogP contribution in [0.4, 0.5) is 0 Å². The van der Waals surface area contributed by atoms with Gasteiger partial charge in [-0.3, -0.25) is 4.79 Å². The van der Waals surface area contributed by atoms with Gasteiger partial charge in [0.2, 0.25) is 0 Å².